The maximum atomic E-state index is 12.5. The highest BCUT2D eigenvalue weighted by Crippen LogP contribution is 2.33. The molecule has 0 bridgehead atoms. The number of rotatable bonds is 3. The lowest BCUT2D eigenvalue weighted by Gasteiger charge is -2.13. The Morgan fingerprint density at radius 1 is 1.29 bits per heavy atom. The van der Waals surface area contributed by atoms with E-state index in [9.17, 15) is 9.59 Å². The van der Waals surface area contributed by atoms with Crippen LogP contribution in [0.4, 0.5) is 10.6 Å². The molecule has 1 aromatic carbocycles. The van der Waals surface area contributed by atoms with Crippen molar-refractivity contribution in [3.63, 3.8) is 0 Å². The zero-order chi connectivity index (χ0) is 17.3. The van der Waals surface area contributed by atoms with Crippen molar-refractivity contribution in [2.75, 3.05) is 5.73 Å². The number of aryl methyl sites for hydroxylation is 1. The molecule has 122 valence electrons. The average Bonchev–Trinajstić information content (AvgIpc) is 2.79. The highest BCUT2D eigenvalue weighted by molar-refractivity contribution is 9.10. The van der Waals surface area contributed by atoms with Crippen LogP contribution in [0.15, 0.2) is 39.8 Å². The molecule has 2 amide bonds. The summed E-state index contributed by atoms with van der Waals surface area (Å²) in [6.07, 6.45) is 3.24. The summed E-state index contributed by atoms with van der Waals surface area (Å²) in [5.74, 6) is 0.479. The summed E-state index contributed by atoms with van der Waals surface area (Å²) in [5.41, 5.74) is 7.23. The molecule has 3 rings (SSSR count). The molecule has 1 fully saturated rings. The van der Waals surface area contributed by atoms with Gasteiger partial charge in [-0.3, -0.25) is 14.5 Å². The number of thioether (sulfide) groups is 1. The van der Waals surface area contributed by atoms with Crippen LogP contribution < -0.4 is 5.73 Å². The van der Waals surface area contributed by atoms with E-state index in [0.717, 1.165) is 26.7 Å². The van der Waals surface area contributed by atoms with Crippen molar-refractivity contribution in [1.82, 2.24) is 14.9 Å². The lowest BCUT2D eigenvalue weighted by molar-refractivity contribution is -0.123. The lowest BCUT2D eigenvalue weighted by Crippen LogP contribution is -2.28. The Bertz CT molecular complexity index is 852. The van der Waals surface area contributed by atoms with E-state index in [1.165, 1.54) is 0 Å². The Labute approximate surface area is 151 Å². The van der Waals surface area contributed by atoms with Gasteiger partial charge in [-0.15, -0.1) is 0 Å². The van der Waals surface area contributed by atoms with Gasteiger partial charge in [0.2, 0.25) is 0 Å². The van der Waals surface area contributed by atoms with Gasteiger partial charge < -0.3 is 5.73 Å². The van der Waals surface area contributed by atoms with Gasteiger partial charge in [0.05, 0.1) is 11.4 Å². The second-order valence-corrected chi connectivity index (χ2v) is 7.06. The standard InChI is InChI=1S/C16H13BrN4O2S/c1-9-19-7-11(14(18)20-9)8-21-15(22)13(24-16(21)23)6-10-2-4-12(17)5-3-10/h2-7H,8H2,1H3,(H2,18,19,20)/b13-6-. The summed E-state index contributed by atoms with van der Waals surface area (Å²) in [4.78, 5) is 34.3. The van der Waals surface area contributed by atoms with Crippen LogP contribution in [0.1, 0.15) is 17.0 Å². The van der Waals surface area contributed by atoms with Crippen molar-refractivity contribution in [2.24, 2.45) is 0 Å². The van der Waals surface area contributed by atoms with Crippen molar-refractivity contribution in [3.8, 4) is 0 Å². The molecule has 2 N–H and O–H groups in total. The number of carbonyl (C=O) groups excluding carboxylic acids is 2. The molecular formula is C16H13BrN4O2S. The Morgan fingerprint density at radius 2 is 2.00 bits per heavy atom. The molecule has 2 heterocycles. The Balaban J connectivity index is 1.82. The van der Waals surface area contributed by atoms with Crippen molar-refractivity contribution in [3.05, 3.63) is 56.8 Å². The van der Waals surface area contributed by atoms with E-state index in [4.69, 9.17) is 5.73 Å². The van der Waals surface area contributed by atoms with E-state index < -0.39 is 0 Å². The van der Waals surface area contributed by atoms with Crippen molar-refractivity contribution < 1.29 is 9.59 Å². The maximum Gasteiger partial charge on any atom is 0.293 e. The van der Waals surface area contributed by atoms with Crippen molar-refractivity contribution >= 4 is 50.7 Å². The Morgan fingerprint density at radius 3 is 2.67 bits per heavy atom. The number of nitrogens with zero attached hydrogens (tertiary/aromatic N) is 3. The summed E-state index contributed by atoms with van der Waals surface area (Å²) in [6.45, 7) is 1.79. The summed E-state index contributed by atoms with van der Waals surface area (Å²) in [7, 11) is 0. The summed E-state index contributed by atoms with van der Waals surface area (Å²) < 4.78 is 0.947. The first-order valence-electron chi connectivity index (χ1n) is 7.03. The number of amides is 2. The molecule has 0 aliphatic carbocycles. The minimum absolute atomic E-state index is 0.0639. The number of benzene rings is 1. The van der Waals surface area contributed by atoms with Gasteiger partial charge in [-0.2, -0.15) is 0 Å². The quantitative estimate of drug-likeness (QED) is 0.788. The van der Waals surface area contributed by atoms with Gasteiger partial charge in [0.15, 0.2) is 0 Å². The zero-order valence-corrected chi connectivity index (χ0v) is 15.1. The second kappa shape index (κ2) is 6.74. The normalized spacial score (nSPS) is 16.2. The van der Waals surface area contributed by atoms with E-state index in [-0.39, 0.29) is 23.5 Å². The molecular weight excluding hydrogens is 392 g/mol. The fourth-order valence-corrected chi connectivity index (χ4v) is 3.25. The number of carbonyl (C=O) groups is 2. The van der Waals surface area contributed by atoms with Gasteiger partial charge in [-0.1, -0.05) is 28.1 Å². The first-order valence-corrected chi connectivity index (χ1v) is 8.64. The number of nitrogen functional groups attached to an aromatic ring is 1. The molecule has 8 heteroatoms. The molecule has 1 aromatic heterocycles. The molecule has 2 aromatic rings. The lowest BCUT2D eigenvalue weighted by atomic mass is 10.2. The van der Waals surface area contributed by atoms with Crippen molar-refractivity contribution in [2.45, 2.75) is 13.5 Å². The number of anilines is 1. The predicted octanol–water partition coefficient (Wildman–Crippen LogP) is 3.37. The van der Waals surface area contributed by atoms with E-state index in [2.05, 4.69) is 25.9 Å². The highest BCUT2D eigenvalue weighted by Gasteiger charge is 2.35. The number of halogens is 1. The van der Waals surface area contributed by atoms with Gasteiger partial charge in [0.1, 0.15) is 11.6 Å². The number of imide groups is 1. The fraction of sp³-hybridized carbons (Fsp3) is 0.125. The first kappa shape index (κ1) is 16.7. The van der Waals surface area contributed by atoms with Gasteiger partial charge in [0, 0.05) is 16.2 Å². The van der Waals surface area contributed by atoms with E-state index in [0.29, 0.717) is 16.3 Å². The molecule has 24 heavy (non-hydrogen) atoms. The number of hydrogen-bond acceptors (Lipinski definition) is 6. The minimum atomic E-state index is -0.340. The summed E-state index contributed by atoms with van der Waals surface area (Å²) in [6, 6.07) is 7.48. The topological polar surface area (TPSA) is 89.2 Å². The largest absolute Gasteiger partial charge is 0.383 e. The van der Waals surface area contributed by atoms with Crippen LogP contribution in [0.3, 0.4) is 0 Å². The SMILES string of the molecule is Cc1ncc(CN2C(=O)S/C(=C\c3ccc(Br)cc3)C2=O)c(N)n1. The van der Waals surface area contributed by atoms with E-state index in [1.54, 1.807) is 19.2 Å². The molecule has 0 saturated carbocycles. The van der Waals surface area contributed by atoms with Crippen LogP contribution >= 0.6 is 27.7 Å². The van der Waals surface area contributed by atoms with Crippen LogP contribution in [0.25, 0.3) is 6.08 Å². The number of aromatic nitrogens is 2. The maximum absolute atomic E-state index is 12.5. The van der Waals surface area contributed by atoms with Crippen LogP contribution in [0.2, 0.25) is 0 Å². The Hall–Kier alpha value is -2.19. The molecule has 6 nitrogen and oxygen atoms in total. The van der Waals surface area contributed by atoms with Crippen LogP contribution in [0.5, 0.6) is 0 Å². The third-order valence-corrected chi connectivity index (χ3v) is 4.82. The second-order valence-electron chi connectivity index (χ2n) is 5.15. The van der Waals surface area contributed by atoms with Gasteiger partial charge >= 0.3 is 0 Å². The molecule has 0 atom stereocenters. The van der Waals surface area contributed by atoms with E-state index in [1.807, 2.05) is 24.3 Å². The molecule has 1 saturated heterocycles. The zero-order valence-electron chi connectivity index (χ0n) is 12.7. The highest BCUT2D eigenvalue weighted by atomic mass is 79.9. The average molecular weight is 405 g/mol. The predicted molar refractivity (Wildman–Crippen MR) is 96.8 cm³/mol. The van der Waals surface area contributed by atoms with Gasteiger partial charge in [-0.05, 0) is 42.5 Å². The van der Waals surface area contributed by atoms with Gasteiger partial charge in [-0.25, -0.2) is 9.97 Å². The molecule has 0 spiro atoms. The summed E-state index contributed by atoms with van der Waals surface area (Å²) >= 11 is 4.27. The number of hydrogen-bond donors (Lipinski definition) is 1. The molecule has 1 aliphatic heterocycles. The fourth-order valence-electron chi connectivity index (χ4n) is 2.15. The third-order valence-electron chi connectivity index (χ3n) is 3.39. The minimum Gasteiger partial charge on any atom is -0.383 e. The number of nitrogens with two attached hydrogens (primary N) is 1. The molecule has 0 radical (unpaired) electrons. The Kier molecular flexibility index (Phi) is 4.68. The monoisotopic (exact) mass is 404 g/mol. The van der Waals surface area contributed by atoms with Crippen LogP contribution in [-0.2, 0) is 11.3 Å². The smallest absolute Gasteiger partial charge is 0.293 e. The van der Waals surface area contributed by atoms with Crippen LogP contribution in [0, 0.1) is 6.92 Å². The molecule has 0 unspecified atom stereocenters. The first-order chi connectivity index (χ1) is 11.4. The van der Waals surface area contributed by atoms with Crippen molar-refractivity contribution in [1.29, 1.82) is 0 Å². The van der Waals surface area contributed by atoms with E-state index >= 15 is 0 Å². The summed E-state index contributed by atoms with van der Waals surface area (Å²) in [5, 5.41) is -0.330. The van der Waals surface area contributed by atoms with Crippen LogP contribution in [-0.4, -0.2) is 26.0 Å². The third kappa shape index (κ3) is 3.49. The molecule has 1 aliphatic rings. The van der Waals surface area contributed by atoms with Gasteiger partial charge in [0.25, 0.3) is 11.1 Å².